The summed E-state index contributed by atoms with van der Waals surface area (Å²) in [6.07, 6.45) is -4.40. The van der Waals surface area contributed by atoms with E-state index in [9.17, 15) is 41.8 Å². The number of hydrogen-bond acceptors (Lipinski definition) is 6. The fraction of sp³-hybridized carbons (Fsp3) is 0.261. The van der Waals surface area contributed by atoms with Crippen molar-refractivity contribution in [3.05, 3.63) is 75.9 Å². The summed E-state index contributed by atoms with van der Waals surface area (Å²) in [5.74, 6) is -4.21. The van der Waals surface area contributed by atoms with Gasteiger partial charge in [0.05, 0.1) is 41.6 Å². The third-order valence-corrected chi connectivity index (χ3v) is 6.10. The molecule has 3 rings (SSSR count). The lowest BCUT2D eigenvalue weighted by Crippen LogP contribution is -2.60. The molecule has 0 aliphatic carbocycles. The summed E-state index contributed by atoms with van der Waals surface area (Å²) in [4.78, 5) is 25.9. The molecule has 1 unspecified atom stereocenters. The first kappa shape index (κ1) is 29.0. The molecule has 0 aliphatic heterocycles. The number of aliphatic hydroxyl groups is 2. The third kappa shape index (κ3) is 6.11. The van der Waals surface area contributed by atoms with Gasteiger partial charge in [-0.3, -0.25) is 9.59 Å². The molecular formula is C23H21BrF5N5O4. The van der Waals surface area contributed by atoms with E-state index in [0.717, 1.165) is 29.1 Å². The van der Waals surface area contributed by atoms with Crippen molar-refractivity contribution in [1.29, 1.82) is 0 Å². The smallest absolute Gasteiger partial charge is 0.395 e. The summed E-state index contributed by atoms with van der Waals surface area (Å²) in [7, 11) is 0. The summed E-state index contributed by atoms with van der Waals surface area (Å²) in [6.45, 7) is -4.32. The highest BCUT2D eigenvalue weighted by molar-refractivity contribution is 9.10. The van der Waals surface area contributed by atoms with E-state index in [1.54, 1.807) is 0 Å². The molecular weight excluding hydrogens is 585 g/mol. The molecule has 15 heteroatoms. The van der Waals surface area contributed by atoms with E-state index in [1.807, 2.05) is 5.32 Å². The SMILES string of the molecule is Nc1c(C(=O)NCC(O)(CN(CCO)C(=O)c2cccc(Br)c2F)C(F)(F)F)cnn1-c1ccc(F)cc1. The minimum atomic E-state index is -5.37. The number of halogens is 6. The highest BCUT2D eigenvalue weighted by atomic mass is 79.9. The van der Waals surface area contributed by atoms with E-state index >= 15 is 0 Å². The van der Waals surface area contributed by atoms with Crippen LogP contribution in [0.3, 0.4) is 0 Å². The third-order valence-electron chi connectivity index (χ3n) is 5.48. The molecule has 38 heavy (non-hydrogen) atoms. The molecule has 0 bridgehead atoms. The molecule has 0 radical (unpaired) electrons. The van der Waals surface area contributed by atoms with Crippen molar-refractivity contribution in [2.24, 2.45) is 0 Å². The Bertz CT molecular complexity index is 1320. The monoisotopic (exact) mass is 605 g/mol. The van der Waals surface area contributed by atoms with Gasteiger partial charge >= 0.3 is 6.18 Å². The number of benzene rings is 2. The highest BCUT2D eigenvalue weighted by Gasteiger charge is 2.55. The summed E-state index contributed by atoms with van der Waals surface area (Å²) < 4.78 is 70.4. The Morgan fingerprint density at radius 2 is 1.76 bits per heavy atom. The molecule has 0 spiro atoms. The quantitative estimate of drug-likeness (QED) is 0.277. The lowest BCUT2D eigenvalue weighted by atomic mass is 10.0. The fourth-order valence-corrected chi connectivity index (χ4v) is 3.78. The van der Waals surface area contributed by atoms with Gasteiger partial charge in [0.2, 0.25) is 0 Å². The molecule has 204 valence electrons. The number of rotatable bonds is 9. The molecule has 0 aliphatic rings. The first-order chi connectivity index (χ1) is 17.8. The average molecular weight is 606 g/mol. The van der Waals surface area contributed by atoms with Crippen LogP contribution in [0.1, 0.15) is 20.7 Å². The zero-order chi connectivity index (χ0) is 28.3. The van der Waals surface area contributed by atoms with Crippen LogP contribution in [0.25, 0.3) is 5.69 Å². The number of hydrogen-bond donors (Lipinski definition) is 4. The van der Waals surface area contributed by atoms with Crippen LogP contribution in [-0.4, -0.2) is 74.7 Å². The average Bonchev–Trinajstić information content (AvgIpc) is 3.24. The van der Waals surface area contributed by atoms with Crippen LogP contribution in [0.2, 0.25) is 0 Å². The number of nitrogens with zero attached hydrogens (tertiary/aromatic N) is 3. The van der Waals surface area contributed by atoms with Crippen molar-refractivity contribution in [2.45, 2.75) is 11.8 Å². The van der Waals surface area contributed by atoms with Crippen LogP contribution in [-0.2, 0) is 0 Å². The van der Waals surface area contributed by atoms with Crippen LogP contribution < -0.4 is 11.1 Å². The van der Waals surface area contributed by atoms with Gasteiger partial charge in [0.25, 0.3) is 11.8 Å². The number of anilines is 1. The Hall–Kier alpha value is -3.56. The molecule has 3 aromatic rings. The van der Waals surface area contributed by atoms with Crippen molar-refractivity contribution in [1.82, 2.24) is 20.0 Å². The second kappa shape index (κ2) is 11.4. The molecule has 0 fully saturated rings. The number of carbonyl (C=O) groups is 2. The Morgan fingerprint density at radius 3 is 2.37 bits per heavy atom. The largest absolute Gasteiger partial charge is 0.420 e. The van der Waals surface area contributed by atoms with Crippen molar-refractivity contribution in [3.63, 3.8) is 0 Å². The van der Waals surface area contributed by atoms with E-state index in [1.165, 1.54) is 24.3 Å². The minimum absolute atomic E-state index is 0.121. The van der Waals surface area contributed by atoms with Gasteiger partial charge < -0.3 is 26.2 Å². The first-order valence-corrected chi connectivity index (χ1v) is 11.6. The number of nitrogen functional groups attached to an aromatic ring is 1. The van der Waals surface area contributed by atoms with Gasteiger partial charge in [0.15, 0.2) is 5.60 Å². The number of amides is 2. The Labute approximate surface area is 220 Å². The maximum Gasteiger partial charge on any atom is 0.420 e. The molecule has 2 aromatic carbocycles. The van der Waals surface area contributed by atoms with E-state index in [0.29, 0.717) is 4.90 Å². The Morgan fingerprint density at radius 1 is 1.11 bits per heavy atom. The molecule has 9 nitrogen and oxygen atoms in total. The number of nitrogens with one attached hydrogen (secondary N) is 1. The van der Waals surface area contributed by atoms with Crippen LogP contribution in [0.5, 0.6) is 0 Å². The topological polar surface area (TPSA) is 134 Å². The maximum atomic E-state index is 14.4. The number of alkyl halides is 3. The molecule has 5 N–H and O–H groups in total. The normalized spacial score (nSPS) is 13.2. The van der Waals surface area contributed by atoms with Crippen molar-refractivity contribution in [3.8, 4) is 5.69 Å². The predicted molar refractivity (Wildman–Crippen MR) is 128 cm³/mol. The van der Waals surface area contributed by atoms with Crippen LogP contribution in [0, 0.1) is 11.6 Å². The Kier molecular flexibility index (Phi) is 8.74. The van der Waals surface area contributed by atoms with Gasteiger partial charge in [-0.25, -0.2) is 13.5 Å². The molecule has 2 amide bonds. The van der Waals surface area contributed by atoms with Crippen LogP contribution in [0.4, 0.5) is 27.8 Å². The number of nitrogens with two attached hydrogens (primary N) is 1. The van der Waals surface area contributed by atoms with Crippen molar-refractivity contribution >= 4 is 33.6 Å². The van der Waals surface area contributed by atoms with Crippen molar-refractivity contribution < 1.29 is 41.8 Å². The highest BCUT2D eigenvalue weighted by Crippen LogP contribution is 2.32. The van der Waals surface area contributed by atoms with Gasteiger partial charge in [0.1, 0.15) is 23.0 Å². The maximum absolute atomic E-state index is 14.4. The lowest BCUT2D eigenvalue weighted by Gasteiger charge is -2.35. The summed E-state index contributed by atoms with van der Waals surface area (Å²) in [5.41, 5.74) is 1.54. The summed E-state index contributed by atoms with van der Waals surface area (Å²) in [6, 6.07) is 8.42. The summed E-state index contributed by atoms with van der Waals surface area (Å²) >= 11 is 2.88. The second-order valence-electron chi connectivity index (χ2n) is 8.10. The van der Waals surface area contributed by atoms with Gasteiger partial charge in [-0.1, -0.05) is 6.07 Å². The fourth-order valence-electron chi connectivity index (χ4n) is 3.42. The van der Waals surface area contributed by atoms with E-state index in [-0.39, 0.29) is 21.5 Å². The predicted octanol–water partition coefficient (Wildman–Crippen LogP) is 2.65. The van der Waals surface area contributed by atoms with E-state index in [2.05, 4.69) is 21.0 Å². The van der Waals surface area contributed by atoms with Gasteiger partial charge in [-0.05, 0) is 52.3 Å². The summed E-state index contributed by atoms with van der Waals surface area (Å²) in [5, 5.41) is 25.6. The molecule has 1 aromatic heterocycles. The van der Waals surface area contributed by atoms with E-state index in [4.69, 9.17) is 5.73 Å². The number of carbonyl (C=O) groups excluding carboxylic acids is 2. The standard InChI is InChI=1S/C23H21BrF5N5O4/c24-17-3-1-2-15(18(17)26)21(37)33(8-9-35)12-22(38,23(27,28)29)11-31-20(36)16-10-32-34(19(16)30)14-6-4-13(25)5-7-14/h1-7,10,35,38H,8-9,11-12,30H2,(H,31,36). The minimum Gasteiger partial charge on any atom is -0.395 e. The Balaban J connectivity index is 1.82. The van der Waals surface area contributed by atoms with Crippen LogP contribution >= 0.6 is 15.9 Å². The van der Waals surface area contributed by atoms with E-state index < -0.39 is 67.0 Å². The molecule has 1 atom stereocenters. The van der Waals surface area contributed by atoms with Gasteiger partial charge in [-0.15, -0.1) is 0 Å². The molecule has 1 heterocycles. The van der Waals surface area contributed by atoms with Crippen molar-refractivity contribution in [2.75, 3.05) is 32.0 Å². The van der Waals surface area contributed by atoms with Gasteiger partial charge in [-0.2, -0.15) is 18.3 Å². The number of aliphatic hydroxyl groups excluding tert-OH is 1. The zero-order valence-corrected chi connectivity index (χ0v) is 20.9. The lowest BCUT2D eigenvalue weighted by molar-refractivity contribution is -0.260. The molecule has 0 saturated carbocycles. The van der Waals surface area contributed by atoms with Gasteiger partial charge in [0, 0.05) is 6.54 Å². The second-order valence-corrected chi connectivity index (χ2v) is 8.95. The first-order valence-electron chi connectivity index (χ1n) is 10.8. The number of aromatic nitrogens is 2. The van der Waals surface area contributed by atoms with Crippen LogP contribution in [0.15, 0.2) is 53.1 Å². The zero-order valence-electron chi connectivity index (χ0n) is 19.3. The molecule has 0 saturated heterocycles.